The van der Waals surface area contributed by atoms with Crippen LogP contribution in [0.25, 0.3) is 0 Å². The number of anilines is 1. The Kier molecular flexibility index (Phi) is 6.23. The van der Waals surface area contributed by atoms with E-state index in [1.165, 1.54) is 14.2 Å². The van der Waals surface area contributed by atoms with Gasteiger partial charge in [-0.25, -0.2) is 0 Å². The SMILES string of the molecule is COc1ccc(NC(=O)C(=O)NCCN2C(=O)CSC2=O)c(OC)c1. The summed E-state index contributed by atoms with van der Waals surface area (Å²) in [5.41, 5.74) is 0.310. The minimum absolute atomic E-state index is 0.00988. The molecule has 1 aliphatic heterocycles. The molecular weight excluding hydrogens is 350 g/mol. The monoisotopic (exact) mass is 367 g/mol. The lowest BCUT2D eigenvalue weighted by molar-refractivity contribution is -0.136. The van der Waals surface area contributed by atoms with Crippen LogP contribution < -0.4 is 20.1 Å². The number of carbonyl (C=O) groups is 4. The van der Waals surface area contributed by atoms with Crippen molar-refractivity contribution in [2.45, 2.75) is 0 Å². The molecule has 0 spiro atoms. The normalized spacial score (nSPS) is 13.6. The number of thioether (sulfide) groups is 1. The van der Waals surface area contributed by atoms with Crippen molar-refractivity contribution in [3.05, 3.63) is 18.2 Å². The van der Waals surface area contributed by atoms with Crippen LogP contribution in [-0.2, 0) is 14.4 Å². The van der Waals surface area contributed by atoms with Crippen LogP contribution >= 0.6 is 11.8 Å². The quantitative estimate of drug-likeness (QED) is 0.702. The molecule has 10 heteroatoms. The van der Waals surface area contributed by atoms with Gasteiger partial charge in [-0.3, -0.25) is 24.1 Å². The van der Waals surface area contributed by atoms with E-state index in [4.69, 9.17) is 9.47 Å². The third-order valence-electron chi connectivity index (χ3n) is 3.32. The maximum Gasteiger partial charge on any atom is 0.313 e. The molecule has 0 atom stereocenters. The number of rotatable bonds is 6. The van der Waals surface area contributed by atoms with Crippen LogP contribution in [-0.4, -0.2) is 60.9 Å². The van der Waals surface area contributed by atoms with Gasteiger partial charge in [-0.05, 0) is 12.1 Å². The minimum Gasteiger partial charge on any atom is -0.497 e. The van der Waals surface area contributed by atoms with Gasteiger partial charge in [0.05, 0.1) is 25.7 Å². The first-order valence-electron chi connectivity index (χ1n) is 7.24. The maximum absolute atomic E-state index is 11.9. The number of carbonyl (C=O) groups excluding carboxylic acids is 4. The lowest BCUT2D eigenvalue weighted by atomic mass is 10.2. The fourth-order valence-corrected chi connectivity index (χ4v) is 2.79. The van der Waals surface area contributed by atoms with E-state index in [-0.39, 0.29) is 30.0 Å². The second-order valence-electron chi connectivity index (χ2n) is 4.88. The lowest BCUT2D eigenvalue weighted by Crippen LogP contribution is -2.41. The number of nitrogens with zero attached hydrogens (tertiary/aromatic N) is 1. The third kappa shape index (κ3) is 4.63. The van der Waals surface area contributed by atoms with Crippen molar-refractivity contribution in [1.82, 2.24) is 10.2 Å². The molecule has 4 amide bonds. The molecule has 1 aromatic carbocycles. The van der Waals surface area contributed by atoms with E-state index in [0.717, 1.165) is 16.7 Å². The second-order valence-corrected chi connectivity index (χ2v) is 5.80. The summed E-state index contributed by atoms with van der Waals surface area (Å²) < 4.78 is 10.2. The number of imide groups is 1. The average Bonchev–Trinajstić information content (AvgIpc) is 2.93. The third-order valence-corrected chi connectivity index (χ3v) is 4.18. The maximum atomic E-state index is 11.9. The summed E-state index contributed by atoms with van der Waals surface area (Å²) in [6.45, 7) is 0.0135. The molecule has 1 aliphatic rings. The van der Waals surface area contributed by atoms with E-state index in [1.54, 1.807) is 18.2 Å². The molecular formula is C15H17N3O6S. The Morgan fingerprint density at radius 2 is 1.96 bits per heavy atom. The highest BCUT2D eigenvalue weighted by molar-refractivity contribution is 8.14. The first-order chi connectivity index (χ1) is 12.0. The van der Waals surface area contributed by atoms with Crippen molar-refractivity contribution in [1.29, 1.82) is 0 Å². The lowest BCUT2D eigenvalue weighted by Gasteiger charge is -2.14. The van der Waals surface area contributed by atoms with Gasteiger partial charge < -0.3 is 20.1 Å². The molecule has 0 bridgehead atoms. The molecule has 0 saturated carbocycles. The Bertz CT molecular complexity index is 693. The molecule has 1 saturated heterocycles. The second kappa shape index (κ2) is 8.38. The molecule has 9 nitrogen and oxygen atoms in total. The standard InChI is InChI=1S/C15H17N3O6S/c1-23-9-3-4-10(11(7-9)24-2)17-14(21)13(20)16-5-6-18-12(19)8-25-15(18)22/h3-4,7H,5-6,8H2,1-2H3,(H,16,20)(H,17,21). The number of benzene rings is 1. The molecule has 25 heavy (non-hydrogen) atoms. The number of amides is 4. The van der Waals surface area contributed by atoms with E-state index >= 15 is 0 Å². The molecule has 134 valence electrons. The Labute approximate surface area is 148 Å². The van der Waals surface area contributed by atoms with Gasteiger partial charge >= 0.3 is 11.8 Å². The van der Waals surface area contributed by atoms with Crippen LogP contribution in [0.4, 0.5) is 10.5 Å². The van der Waals surface area contributed by atoms with Crippen molar-refractivity contribution in [3.63, 3.8) is 0 Å². The highest BCUT2D eigenvalue weighted by Crippen LogP contribution is 2.28. The Balaban J connectivity index is 1.87. The molecule has 1 heterocycles. The van der Waals surface area contributed by atoms with Crippen molar-refractivity contribution >= 4 is 40.4 Å². The first-order valence-corrected chi connectivity index (χ1v) is 8.23. The summed E-state index contributed by atoms with van der Waals surface area (Å²) >= 11 is 0.909. The summed E-state index contributed by atoms with van der Waals surface area (Å²) in [7, 11) is 2.92. The van der Waals surface area contributed by atoms with Gasteiger partial charge in [0.1, 0.15) is 11.5 Å². The van der Waals surface area contributed by atoms with Crippen LogP contribution in [0.2, 0.25) is 0 Å². The van der Waals surface area contributed by atoms with E-state index < -0.39 is 11.8 Å². The zero-order chi connectivity index (χ0) is 18.4. The fourth-order valence-electron chi connectivity index (χ4n) is 2.04. The van der Waals surface area contributed by atoms with Gasteiger partial charge in [-0.2, -0.15) is 0 Å². The van der Waals surface area contributed by atoms with Crippen molar-refractivity contribution in [2.75, 3.05) is 38.4 Å². The summed E-state index contributed by atoms with van der Waals surface area (Å²) in [6.07, 6.45) is 0. The number of nitrogens with one attached hydrogen (secondary N) is 2. The van der Waals surface area contributed by atoms with E-state index in [0.29, 0.717) is 17.2 Å². The van der Waals surface area contributed by atoms with Crippen LogP contribution in [0.1, 0.15) is 0 Å². The highest BCUT2D eigenvalue weighted by Gasteiger charge is 2.29. The van der Waals surface area contributed by atoms with E-state index in [1.807, 2.05) is 0 Å². The molecule has 2 N–H and O–H groups in total. The number of ether oxygens (including phenoxy) is 2. The van der Waals surface area contributed by atoms with E-state index in [2.05, 4.69) is 10.6 Å². The van der Waals surface area contributed by atoms with Crippen molar-refractivity contribution < 1.29 is 28.7 Å². The highest BCUT2D eigenvalue weighted by atomic mass is 32.2. The van der Waals surface area contributed by atoms with Crippen molar-refractivity contribution in [3.8, 4) is 11.5 Å². The van der Waals surface area contributed by atoms with Crippen LogP contribution in [0.5, 0.6) is 11.5 Å². The first kappa shape index (κ1) is 18.6. The molecule has 0 unspecified atom stereocenters. The number of methoxy groups -OCH3 is 2. The fraction of sp³-hybridized carbons (Fsp3) is 0.333. The predicted octanol–water partition coefficient (Wildman–Crippen LogP) is 0.454. The Morgan fingerprint density at radius 3 is 2.56 bits per heavy atom. The average molecular weight is 367 g/mol. The van der Waals surface area contributed by atoms with Crippen LogP contribution in [0, 0.1) is 0 Å². The zero-order valence-corrected chi connectivity index (χ0v) is 14.5. The van der Waals surface area contributed by atoms with E-state index in [9.17, 15) is 19.2 Å². The summed E-state index contributed by atoms with van der Waals surface area (Å²) in [6, 6.07) is 4.72. The molecule has 2 rings (SSSR count). The van der Waals surface area contributed by atoms with Crippen LogP contribution in [0.3, 0.4) is 0 Å². The molecule has 0 radical (unpaired) electrons. The Hall–Kier alpha value is -2.75. The predicted molar refractivity (Wildman–Crippen MR) is 90.8 cm³/mol. The summed E-state index contributed by atoms with van der Waals surface area (Å²) in [4.78, 5) is 47.6. The molecule has 0 aromatic heterocycles. The zero-order valence-electron chi connectivity index (χ0n) is 13.7. The van der Waals surface area contributed by atoms with Gasteiger partial charge in [0.15, 0.2) is 0 Å². The van der Waals surface area contributed by atoms with Gasteiger partial charge in [0.25, 0.3) is 5.24 Å². The molecule has 0 aliphatic carbocycles. The van der Waals surface area contributed by atoms with Gasteiger partial charge in [0, 0.05) is 19.2 Å². The molecule has 1 fully saturated rings. The van der Waals surface area contributed by atoms with Crippen LogP contribution in [0.15, 0.2) is 18.2 Å². The largest absolute Gasteiger partial charge is 0.497 e. The smallest absolute Gasteiger partial charge is 0.313 e. The topological polar surface area (TPSA) is 114 Å². The van der Waals surface area contributed by atoms with Gasteiger partial charge in [-0.1, -0.05) is 11.8 Å². The number of hydrogen-bond acceptors (Lipinski definition) is 7. The summed E-state index contributed by atoms with van der Waals surface area (Å²) in [5.74, 6) is -1.11. The summed E-state index contributed by atoms with van der Waals surface area (Å²) in [5, 5.41) is 4.43. The minimum atomic E-state index is -0.892. The van der Waals surface area contributed by atoms with Crippen molar-refractivity contribution in [2.24, 2.45) is 0 Å². The molecule has 1 aromatic rings. The van der Waals surface area contributed by atoms with Gasteiger partial charge in [0.2, 0.25) is 5.91 Å². The Morgan fingerprint density at radius 1 is 1.20 bits per heavy atom. The number of hydrogen-bond donors (Lipinski definition) is 2. The van der Waals surface area contributed by atoms with Gasteiger partial charge in [-0.15, -0.1) is 0 Å².